The highest BCUT2D eigenvalue weighted by Crippen LogP contribution is 2.30. The lowest BCUT2D eigenvalue weighted by atomic mass is 10.2. The maximum absolute atomic E-state index is 11.8. The van der Waals surface area contributed by atoms with Crippen LogP contribution in [0.25, 0.3) is 0 Å². The highest BCUT2D eigenvalue weighted by atomic mass is 79.9. The summed E-state index contributed by atoms with van der Waals surface area (Å²) in [5, 5.41) is 5.59. The first-order chi connectivity index (χ1) is 9.08. The number of nitrogens with zero attached hydrogens (tertiary/aromatic N) is 1. The number of halogens is 1. The lowest BCUT2D eigenvalue weighted by molar-refractivity contribution is -0.116. The molecule has 2 aromatic rings. The second-order valence-electron chi connectivity index (χ2n) is 3.88. The zero-order chi connectivity index (χ0) is 13.8. The lowest BCUT2D eigenvalue weighted by Gasteiger charge is -2.00. The van der Waals surface area contributed by atoms with E-state index in [-0.39, 0.29) is 5.91 Å². The van der Waals surface area contributed by atoms with Crippen LogP contribution in [0.5, 0.6) is 0 Å². The fourth-order valence-electron chi connectivity index (χ4n) is 1.53. The van der Waals surface area contributed by atoms with Crippen molar-refractivity contribution in [3.8, 4) is 0 Å². The average Bonchev–Trinajstić information content (AvgIpc) is 2.93. The van der Waals surface area contributed by atoms with Crippen LogP contribution in [0.15, 0.2) is 20.1 Å². The molecule has 1 amide bonds. The summed E-state index contributed by atoms with van der Waals surface area (Å²) in [5.74, 6) is 0.0194. The van der Waals surface area contributed by atoms with E-state index in [0.29, 0.717) is 11.6 Å². The fourth-order valence-corrected chi connectivity index (χ4v) is 4.61. The number of aromatic nitrogens is 1. The molecule has 0 spiro atoms. The van der Waals surface area contributed by atoms with Crippen molar-refractivity contribution in [1.29, 1.82) is 0 Å². The Morgan fingerprint density at radius 3 is 2.95 bits per heavy atom. The molecule has 2 rings (SSSR count). The van der Waals surface area contributed by atoms with E-state index in [0.717, 1.165) is 20.8 Å². The SMILES string of the molecule is CSc1sc(NC(=O)CCc2cc(Br)cs2)nc1C. The van der Waals surface area contributed by atoms with Gasteiger partial charge in [-0.2, -0.15) is 0 Å². The molecule has 7 heteroatoms. The molecule has 0 aromatic carbocycles. The Bertz CT molecular complexity index is 579. The van der Waals surface area contributed by atoms with Gasteiger partial charge in [0.1, 0.15) is 0 Å². The van der Waals surface area contributed by atoms with Crippen molar-refractivity contribution >= 4 is 61.4 Å². The van der Waals surface area contributed by atoms with Gasteiger partial charge in [0.15, 0.2) is 5.13 Å². The molecular weight excluding hydrogens is 364 g/mol. The van der Waals surface area contributed by atoms with Crippen molar-refractivity contribution in [3.05, 3.63) is 26.5 Å². The van der Waals surface area contributed by atoms with Crippen LogP contribution in [0, 0.1) is 6.92 Å². The summed E-state index contributed by atoms with van der Waals surface area (Å²) in [4.78, 5) is 17.4. The Kier molecular flexibility index (Phi) is 5.44. The van der Waals surface area contributed by atoms with Crippen LogP contribution in [-0.2, 0) is 11.2 Å². The first-order valence-electron chi connectivity index (χ1n) is 5.62. The van der Waals surface area contributed by atoms with Crippen LogP contribution in [0.4, 0.5) is 5.13 Å². The molecule has 3 nitrogen and oxygen atoms in total. The molecule has 0 saturated heterocycles. The molecule has 0 aliphatic rings. The summed E-state index contributed by atoms with van der Waals surface area (Å²) < 4.78 is 2.23. The van der Waals surface area contributed by atoms with Crippen molar-refractivity contribution in [2.24, 2.45) is 0 Å². The van der Waals surface area contributed by atoms with Crippen LogP contribution in [0.2, 0.25) is 0 Å². The maximum atomic E-state index is 11.8. The molecule has 0 atom stereocenters. The molecule has 2 heterocycles. The van der Waals surface area contributed by atoms with Gasteiger partial charge in [0.25, 0.3) is 0 Å². The summed E-state index contributed by atoms with van der Waals surface area (Å²) in [6, 6.07) is 2.05. The molecular formula is C12H13BrN2OS3. The van der Waals surface area contributed by atoms with Crippen molar-refractivity contribution in [3.63, 3.8) is 0 Å². The summed E-state index contributed by atoms with van der Waals surface area (Å²) in [5.41, 5.74) is 0.981. The molecule has 0 bridgehead atoms. The number of anilines is 1. The number of amides is 1. The van der Waals surface area contributed by atoms with Gasteiger partial charge in [-0.3, -0.25) is 4.79 Å². The minimum atomic E-state index is 0.0194. The third-order valence-electron chi connectivity index (χ3n) is 2.41. The zero-order valence-corrected chi connectivity index (χ0v) is 14.6. The maximum Gasteiger partial charge on any atom is 0.226 e. The molecule has 0 unspecified atom stereocenters. The number of rotatable bonds is 5. The standard InChI is InChI=1S/C12H13BrN2OS3/c1-7-11(17-2)19-12(14-7)15-10(16)4-3-9-5-8(13)6-18-9/h5-6H,3-4H2,1-2H3,(H,14,15,16). The molecule has 0 radical (unpaired) electrons. The van der Waals surface area contributed by atoms with Gasteiger partial charge in [0, 0.05) is 21.2 Å². The number of hydrogen-bond acceptors (Lipinski definition) is 5. The molecule has 102 valence electrons. The smallest absolute Gasteiger partial charge is 0.226 e. The van der Waals surface area contributed by atoms with E-state index in [1.54, 1.807) is 23.1 Å². The number of carbonyl (C=O) groups excluding carboxylic acids is 1. The molecule has 0 fully saturated rings. The van der Waals surface area contributed by atoms with Crippen LogP contribution in [-0.4, -0.2) is 17.1 Å². The molecule has 0 aliphatic carbocycles. The summed E-state index contributed by atoms with van der Waals surface area (Å²) in [7, 11) is 0. The lowest BCUT2D eigenvalue weighted by Crippen LogP contribution is -2.11. The first-order valence-corrected chi connectivity index (χ1v) is 9.34. The van der Waals surface area contributed by atoms with E-state index in [1.807, 2.05) is 18.6 Å². The van der Waals surface area contributed by atoms with Crippen molar-refractivity contribution < 1.29 is 4.79 Å². The van der Waals surface area contributed by atoms with E-state index in [2.05, 4.69) is 32.3 Å². The predicted octanol–water partition coefficient (Wildman–Crippen LogP) is 4.57. The number of nitrogens with one attached hydrogen (secondary N) is 1. The topological polar surface area (TPSA) is 42.0 Å². The van der Waals surface area contributed by atoms with Crippen LogP contribution >= 0.6 is 50.4 Å². The Morgan fingerprint density at radius 2 is 2.37 bits per heavy atom. The third kappa shape index (κ3) is 4.30. The quantitative estimate of drug-likeness (QED) is 0.777. The number of thioether (sulfide) groups is 1. The van der Waals surface area contributed by atoms with Crippen LogP contribution < -0.4 is 5.32 Å². The van der Waals surface area contributed by atoms with Gasteiger partial charge >= 0.3 is 0 Å². The Morgan fingerprint density at radius 1 is 1.58 bits per heavy atom. The van der Waals surface area contributed by atoms with E-state index in [4.69, 9.17) is 0 Å². The fraction of sp³-hybridized carbons (Fsp3) is 0.333. The average molecular weight is 377 g/mol. The van der Waals surface area contributed by atoms with E-state index < -0.39 is 0 Å². The normalized spacial score (nSPS) is 10.7. The third-order valence-corrected chi connectivity index (χ3v) is 6.45. The second-order valence-corrected chi connectivity index (χ2v) is 7.86. The van der Waals surface area contributed by atoms with Crippen LogP contribution in [0.1, 0.15) is 17.0 Å². The molecule has 19 heavy (non-hydrogen) atoms. The van der Waals surface area contributed by atoms with Gasteiger partial charge in [-0.1, -0.05) is 11.3 Å². The number of hydrogen-bond donors (Lipinski definition) is 1. The molecule has 2 aromatic heterocycles. The van der Waals surface area contributed by atoms with E-state index >= 15 is 0 Å². The second kappa shape index (κ2) is 6.88. The van der Waals surface area contributed by atoms with Gasteiger partial charge in [0.2, 0.25) is 5.91 Å². The van der Waals surface area contributed by atoms with Gasteiger partial charge < -0.3 is 5.32 Å². The minimum absolute atomic E-state index is 0.0194. The van der Waals surface area contributed by atoms with Gasteiger partial charge in [-0.15, -0.1) is 23.1 Å². The minimum Gasteiger partial charge on any atom is -0.302 e. The summed E-state index contributed by atoms with van der Waals surface area (Å²) in [6.07, 6.45) is 3.27. The summed E-state index contributed by atoms with van der Waals surface area (Å²) in [6.45, 7) is 1.96. The molecule has 0 aliphatic heterocycles. The number of thiophene rings is 1. The number of thiazole rings is 1. The van der Waals surface area contributed by atoms with Crippen LogP contribution in [0.3, 0.4) is 0 Å². The van der Waals surface area contributed by atoms with Crippen molar-refractivity contribution in [2.75, 3.05) is 11.6 Å². The first kappa shape index (κ1) is 15.0. The molecule has 0 saturated carbocycles. The Hall–Kier alpha value is -0.370. The highest BCUT2D eigenvalue weighted by molar-refractivity contribution is 9.10. The number of aryl methyl sites for hydroxylation is 2. The Labute approximate surface area is 133 Å². The monoisotopic (exact) mass is 376 g/mol. The van der Waals surface area contributed by atoms with E-state index in [9.17, 15) is 4.79 Å². The van der Waals surface area contributed by atoms with Gasteiger partial charge in [0.05, 0.1) is 9.90 Å². The van der Waals surface area contributed by atoms with Gasteiger partial charge in [-0.05, 0) is 41.6 Å². The molecule has 1 N–H and O–H groups in total. The largest absolute Gasteiger partial charge is 0.302 e. The number of carbonyl (C=O) groups is 1. The van der Waals surface area contributed by atoms with E-state index in [1.165, 1.54) is 16.2 Å². The zero-order valence-electron chi connectivity index (χ0n) is 10.5. The van der Waals surface area contributed by atoms with Crippen molar-refractivity contribution in [1.82, 2.24) is 4.98 Å². The highest BCUT2D eigenvalue weighted by Gasteiger charge is 2.10. The Balaban J connectivity index is 1.86. The van der Waals surface area contributed by atoms with Gasteiger partial charge in [-0.25, -0.2) is 4.98 Å². The summed E-state index contributed by atoms with van der Waals surface area (Å²) >= 11 is 8.26. The van der Waals surface area contributed by atoms with Crippen molar-refractivity contribution in [2.45, 2.75) is 24.0 Å². The predicted molar refractivity (Wildman–Crippen MR) is 87.6 cm³/mol.